The quantitative estimate of drug-likeness (QED) is 0.777. The van der Waals surface area contributed by atoms with Gasteiger partial charge in [-0.3, -0.25) is 0 Å². The van der Waals surface area contributed by atoms with E-state index in [1.54, 1.807) is 0 Å². The summed E-state index contributed by atoms with van der Waals surface area (Å²) >= 11 is 5.88. The number of hydrogen-bond donors (Lipinski definition) is 0. The third-order valence-electron chi connectivity index (χ3n) is 4.70. The lowest BCUT2D eigenvalue weighted by molar-refractivity contribution is 0.00578. The largest absolute Gasteiger partial charge is 0.494 e. The lowest BCUT2D eigenvalue weighted by Gasteiger charge is -2.32. The molecule has 2 aromatic carbocycles. The van der Waals surface area contributed by atoms with Gasteiger partial charge in [0.05, 0.1) is 11.2 Å². The first-order valence-corrected chi connectivity index (χ1v) is 8.47. The van der Waals surface area contributed by atoms with Gasteiger partial charge < -0.3 is 14.0 Å². The molecule has 2 aromatic rings. The summed E-state index contributed by atoms with van der Waals surface area (Å²) in [5, 5.41) is 0.699. The SMILES string of the molecule is CC1(C)OB(c2cccc(COc3ccc(Cl)cc3)c2)OC1(C)C. The molecule has 1 heterocycles. The molecule has 0 aromatic heterocycles. The van der Waals surface area contributed by atoms with Crippen LogP contribution >= 0.6 is 11.6 Å². The van der Waals surface area contributed by atoms with Crippen LogP contribution in [-0.2, 0) is 15.9 Å². The zero-order valence-electron chi connectivity index (χ0n) is 14.5. The summed E-state index contributed by atoms with van der Waals surface area (Å²) in [6, 6.07) is 15.5. The standard InChI is InChI=1S/C19H22BClO3/c1-18(2)19(3,4)24-20(23-18)15-7-5-6-14(12-15)13-22-17-10-8-16(21)9-11-17/h5-12H,13H2,1-4H3. The van der Waals surface area contributed by atoms with Crippen molar-refractivity contribution in [2.24, 2.45) is 0 Å². The first kappa shape index (κ1) is 17.3. The number of ether oxygens (including phenoxy) is 1. The van der Waals surface area contributed by atoms with Crippen LogP contribution < -0.4 is 10.2 Å². The minimum atomic E-state index is -0.356. The molecule has 126 valence electrons. The molecule has 0 aliphatic carbocycles. The fourth-order valence-corrected chi connectivity index (χ4v) is 2.63. The molecule has 0 saturated carbocycles. The summed E-state index contributed by atoms with van der Waals surface area (Å²) in [5.74, 6) is 0.792. The van der Waals surface area contributed by atoms with Crippen molar-refractivity contribution in [1.82, 2.24) is 0 Å². The molecular formula is C19H22BClO3. The summed E-state index contributed by atoms with van der Waals surface area (Å²) in [6.45, 7) is 8.71. The summed E-state index contributed by atoms with van der Waals surface area (Å²) in [5.41, 5.74) is 1.39. The second kappa shape index (κ2) is 6.43. The second-order valence-corrected chi connectivity index (χ2v) is 7.51. The van der Waals surface area contributed by atoms with Crippen molar-refractivity contribution in [2.75, 3.05) is 0 Å². The molecule has 0 spiro atoms. The van der Waals surface area contributed by atoms with Crippen molar-refractivity contribution in [3.05, 3.63) is 59.1 Å². The minimum absolute atomic E-state index is 0.340. The Hall–Kier alpha value is -1.49. The Balaban J connectivity index is 1.70. The van der Waals surface area contributed by atoms with Crippen LogP contribution in [0.3, 0.4) is 0 Å². The van der Waals surface area contributed by atoms with Gasteiger partial charge in [-0.1, -0.05) is 35.9 Å². The Morgan fingerprint density at radius 2 is 1.58 bits per heavy atom. The maximum atomic E-state index is 6.10. The highest BCUT2D eigenvalue weighted by Crippen LogP contribution is 2.36. The Morgan fingerprint density at radius 3 is 2.21 bits per heavy atom. The van der Waals surface area contributed by atoms with Crippen LogP contribution in [0.2, 0.25) is 5.02 Å². The van der Waals surface area contributed by atoms with Gasteiger partial charge in [0.2, 0.25) is 0 Å². The smallest absolute Gasteiger partial charge is 0.489 e. The minimum Gasteiger partial charge on any atom is -0.489 e. The average molecular weight is 345 g/mol. The Morgan fingerprint density at radius 1 is 0.958 bits per heavy atom. The lowest BCUT2D eigenvalue weighted by atomic mass is 9.78. The maximum Gasteiger partial charge on any atom is 0.494 e. The van der Waals surface area contributed by atoms with Gasteiger partial charge in [0.1, 0.15) is 12.4 Å². The van der Waals surface area contributed by atoms with Crippen LogP contribution in [-0.4, -0.2) is 18.3 Å². The summed E-state index contributed by atoms with van der Waals surface area (Å²) in [7, 11) is -0.356. The number of benzene rings is 2. The molecule has 0 atom stereocenters. The molecule has 24 heavy (non-hydrogen) atoms. The summed E-state index contributed by atoms with van der Waals surface area (Å²) in [4.78, 5) is 0. The first-order valence-electron chi connectivity index (χ1n) is 8.10. The molecule has 3 rings (SSSR count). The highest BCUT2D eigenvalue weighted by atomic mass is 35.5. The van der Waals surface area contributed by atoms with E-state index in [1.807, 2.05) is 42.5 Å². The monoisotopic (exact) mass is 344 g/mol. The predicted octanol–water partition coefficient (Wildman–Crippen LogP) is 4.22. The van der Waals surface area contributed by atoms with Crippen LogP contribution in [0.1, 0.15) is 33.3 Å². The molecule has 1 aliphatic rings. The van der Waals surface area contributed by atoms with Crippen LogP contribution in [0, 0.1) is 0 Å². The Bertz CT molecular complexity index is 697. The normalized spacial score (nSPS) is 18.6. The van der Waals surface area contributed by atoms with Crippen molar-refractivity contribution in [3.8, 4) is 5.75 Å². The molecule has 0 unspecified atom stereocenters. The highest BCUT2D eigenvalue weighted by Gasteiger charge is 2.51. The second-order valence-electron chi connectivity index (χ2n) is 7.08. The van der Waals surface area contributed by atoms with E-state index in [1.165, 1.54) is 0 Å². The number of hydrogen-bond acceptors (Lipinski definition) is 3. The third-order valence-corrected chi connectivity index (χ3v) is 4.95. The first-order chi connectivity index (χ1) is 11.3. The van der Waals surface area contributed by atoms with Crippen LogP contribution in [0.15, 0.2) is 48.5 Å². The van der Waals surface area contributed by atoms with E-state index in [4.69, 9.17) is 25.6 Å². The third kappa shape index (κ3) is 3.61. The van der Waals surface area contributed by atoms with Crippen LogP contribution in [0.25, 0.3) is 0 Å². The zero-order valence-corrected chi connectivity index (χ0v) is 15.3. The molecular weight excluding hydrogens is 322 g/mol. The topological polar surface area (TPSA) is 27.7 Å². The molecule has 5 heteroatoms. The van der Waals surface area contributed by atoms with E-state index in [2.05, 4.69) is 33.8 Å². The van der Waals surface area contributed by atoms with Crippen molar-refractivity contribution in [2.45, 2.75) is 45.5 Å². The molecule has 0 bridgehead atoms. The Kier molecular flexibility index (Phi) is 4.65. The Labute approximate surface area is 149 Å². The van der Waals surface area contributed by atoms with Gasteiger partial charge in [0.15, 0.2) is 0 Å². The van der Waals surface area contributed by atoms with Gasteiger partial charge in [-0.2, -0.15) is 0 Å². The van der Waals surface area contributed by atoms with Gasteiger partial charge in [-0.05, 0) is 63.0 Å². The highest BCUT2D eigenvalue weighted by molar-refractivity contribution is 6.62. The van der Waals surface area contributed by atoms with E-state index in [9.17, 15) is 0 Å². The van der Waals surface area contributed by atoms with Crippen molar-refractivity contribution in [1.29, 1.82) is 0 Å². The predicted molar refractivity (Wildman–Crippen MR) is 97.9 cm³/mol. The van der Waals surface area contributed by atoms with Gasteiger partial charge in [0.25, 0.3) is 0 Å². The van der Waals surface area contributed by atoms with E-state index in [0.29, 0.717) is 11.6 Å². The zero-order chi connectivity index (χ0) is 17.4. The van der Waals surface area contributed by atoms with Gasteiger partial charge in [0, 0.05) is 5.02 Å². The van der Waals surface area contributed by atoms with E-state index < -0.39 is 0 Å². The molecule has 0 radical (unpaired) electrons. The summed E-state index contributed by atoms with van der Waals surface area (Å²) in [6.07, 6.45) is 0. The number of halogens is 1. The molecule has 1 saturated heterocycles. The average Bonchev–Trinajstić information content (AvgIpc) is 2.75. The van der Waals surface area contributed by atoms with Crippen LogP contribution in [0.5, 0.6) is 5.75 Å². The van der Waals surface area contributed by atoms with E-state index >= 15 is 0 Å². The molecule has 1 aliphatic heterocycles. The molecule has 3 nitrogen and oxygen atoms in total. The van der Waals surface area contributed by atoms with Crippen molar-refractivity contribution >= 4 is 24.2 Å². The maximum absolute atomic E-state index is 6.10. The molecule has 0 amide bonds. The van der Waals surface area contributed by atoms with Gasteiger partial charge >= 0.3 is 7.12 Å². The van der Waals surface area contributed by atoms with E-state index in [-0.39, 0.29) is 18.3 Å². The molecule has 1 fully saturated rings. The van der Waals surface area contributed by atoms with Gasteiger partial charge in [-0.25, -0.2) is 0 Å². The van der Waals surface area contributed by atoms with Crippen molar-refractivity contribution < 1.29 is 14.0 Å². The molecule has 0 N–H and O–H groups in total. The van der Waals surface area contributed by atoms with Gasteiger partial charge in [-0.15, -0.1) is 0 Å². The fraction of sp³-hybridized carbons (Fsp3) is 0.368. The fourth-order valence-electron chi connectivity index (χ4n) is 2.51. The van der Waals surface area contributed by atoms with E-state index in [0.717, 1.165) is 16.8 Å². The summed E-state index contributed by atoms with van der Waals surface area (Å²) < 4.78 is 18.0. The van der Waals surface area contributed by atoms with Crippen LogP contribution in [0.4, 0.5) is 0 Å². The van der Waals surface area contributed by atoms with Crippen molar-refractivity contribution in [3.63, 3.8) is 0 Å². The lowest BCUT2D eigenvalue weighted by Crippen LogP contribution is -2.41. The number of rotatable bonds is 4.